The van der Waals surface area contributed by atoms with Crippen LogP contribution >= 0.6 is 0 Å². The minimum absolute atomic E-state index is 0.0117. The first-order valence-electron chi connectivity index (χ1n) is 5.18. The minimum atomic E-state index is -0.145. The average Bonchev–Trinajstić information content (AvgIpc) is 2.93. The average molecular weight is 193 g/mol. The largest absolute Gasteiger partial charge is 0.324 e. The number of aryl methyl sites for hydroxylation is 1. The summed E-state index contributed by atoms with van der Waals surface area (Å²) in [5.41, 5.74) is 7.61. The molecule has 1 aliphatic carbocycles. The van der Waals surface area contributed by atoms with Gasteiger partial charge in [0, 0.05) is 6.04 Å². The van der Waals surface area contributed by atoms with Crippen LogP contribution in [0, 0.1) is 18.7 Å². The third kappa shape index (κ3) is 2.13. The molecule has 2 heteroatoms. The van der Waals surface area contributed by atoms with E-state index in [2.05, 4.69) is 0 Å². The monoisotopic (exact) mass is 193 g/mol. The summed E-state index contributed by atoms with van der Waals surface area (Å²) in [6.07, 6.45) is 3.59. The molecule has 0 aromatic heterocycles. The van der Waals surface area contributed by atoms with Gasteiger partial charge in [-0.25, -0.2) is 4.39 Å². The van der Waals surface area contributed by atoms with Crippen LogP contribution < -0.4 is 5.73 Å². The van der Waals surface area contributed by atoms with E-state index in [-0.39, 0.29) is 11.9 Å². The first-order chi connectivity index (χ1) is 6.66. The quantitative estimate of drug-likeness (QED) is 0.784. The number of rotatable bonds is 3. The molecule has 1 aromatic carbocycles. The highest BCUT2D eigenvalue weighted by Gasteiger charge is 2.24. The van der Waals surface area contributed by atoms with Crippen LogP contribution in [0.5, 0.6) is 0 Å². The molecule has 0 bridgehead atoms. The lowest BCUT2D eigenvalue weighted by molar-refractivity contribution is 0.580. The van der Waals surface area contributed by atoms with E-state index in [1.165, 1.54) is 12.8 Å². The molecule has 1 fully saturated rings. The molecule has 0 amide bonds. The fraction of sp³-hybridized carbons (Fsp3) is 0.500. The van der Waals surface area contributed by atoms with Crippen LogP contribution in [-0.4, -0.2) is 0 Å². The van der Waals surface area contributed by atoms with Gasteiger partial charge in [-0.15, -0.1) is 0 Å². The Balaban J connectivity index is 2.10. The molecule has 2 rings (SSSR count). The van der Waals surface area contributed by atoms with Crippen molar-refractivity contribution in [3.05, 3.63) is 35.1 Å². The van der Waals surface area contributed by atoms with Gasteiger partial charge in [-0.2, -0.15) is 0 Å². The van der Waals surface area contributed by atoms with Gasteiger partial charge in [0.05, 0.1) is 0 Å². The summed E-state index contributed by atoms with van der Waals surface area (Å²) in [7, 11) is 0. The number of hydrogen-bond donors (Lipinski definition) is 1. The lowest BCUT2D eigenvalue weighted by atomic mass is 10.0. The Morgan fingerprint density at radius 2 is 2.21 bits per heavy atom. The van der Waals surface area contributed by atoms with Crippen molar-refractivity contribution in [1.82, 2.24) is 0 Å². The number of nitrogens with two attached hydrogens (primary N) is 1. The van der Waals surface area contributed by atoms with Gasteiger partial charge in [0.25, 0.3) is 0 Å². The van der Waals surface area contributed by atoms with E-state index in [4.69, 9.17) is 5.73 Å². The molecular formula is C12H16FN. The summed E-state index contributed by atoms with van der Waals surface area (Å²) in [6, 6.07) is 5.32. The van der Waals surface area contributed by atoms with Gasteiger partial charge in [0.15, 0.2) is 0 Å². The maximum Gasteiger partial charge on any atom is 0.126 e. The lowest BCUT2D eigenvalue weighted by Crippen LogP contribution is -2.11. The topological polar surface area (TPSA) is 26.0 Å². The van der Waals surface area contributed by atoms with E-state index in [1.807, 2.05) is 6.07 Å². The van der Waals surface area contributed by atoms with E-state index >= 15 is 0 Å². The Kier molecular flexibility index (Phi) is 2.55. The van der Waals surface area contributed by atoms with Crippen LogP contribution in [0.1, 0.15) is 36.4 Å². The molecule has 1 nitrogen and oxygen atoms in total. The van der Waals surface area contributed by atoms with Crippen molar-refractivity contribution >= 4 is 0 Å². The first-order valence-corrected chi connectivity index (χ1v) is 5.18. The second-order valence-corrected chi connectivity index (χ2v) is 4.29. The Hall–Kier alpha value is -0.890. The van der Waals surface area contributed by atoms with Gasteiger partial charge in [-0.3, -0.25) is 0 Å². The molecule has 0 radical (unpaired) electrons. The summed E-state index contributed by atoms with van der Waals surface area (Å²) >= 11 is 0. The van der Waals surface area contributed by atoms with Crippen LogP contribution in [-0.2, 0) is 0 Å². The summed E-state index contributed by atoms with van der Waals surface area (Å²) in [5.74, 6) is 0.642. The van der Waals surface area contributed by atoms with Crippen LogP contribution in [0.4, 0.5) is 4.39 Å². The first kappa shape index (κ1) is 9.66. The summed E-state index contributed by atoms with van der Waals surface area (Å²) in [4.78, 5) is 0. The Labute approximate surface area is 84.1 Å². The number of hydrogen-bond acceptors (Lipinski definition) is 1. The maximum absolute atomic E-state index is 13.2. The fourth-order valence-corrected chi connectivity index (χ4v) is 1.69. The Morgan fingerprint density at radius 3 is 2.79 bits per heavy atom. The molecule has 0 unspecified atom stereocenters. The maximum atomic E-state index is 13.2. The van der Waals surface area contributed by atoms with Crippen LogP contribution in [0.2, 0.25) is 0 Å². The Bertz CT molecular complexity index is 331. The van der Waals surface area contributed by atoms with Gasteiger partial charge >= 0.3 is 0 Å². The van der Waals surface area contributed by atoms with Crippen LogP contribution in [0.15, 0.2) is 18.2 Å². The third-order valence-corrected chi connectivity index (χ3v) is 2.91. The van der Waals surface area contributed by atoms with E-state index in [9.17, 15) is 4.39 Å². The Morgan fingerprint density at radius 1 is 1.50 bits per heavy atom. The SMILES string of the molecule is Cc1ccc([C@H](N)CC2CC2)cc1F. The standard InChI is InChI=1S/C12H16FN/c1-8-2-5-10(7-11(8)13)12(14)6-9-3-4-9/h2,5,7,9,12H,3-4,6,14H2,1H3/t12-/m1/s1. The van der Waals surface area contributed by atoms with Crippen molar-refractivity contribution in [2.24, 2.45) is 11.7 Å². The second kappa shape index (κ2) is 3.70. The molecule has 14 heavy (non-hydrogen) atoms. The zero-order valence-corrected chi connectivity index (χ0v) is 8.46. The summed E-state index contributed by atoms with van der Waals surface area (Å²) in [5, 5.41) is 0. The molecule has 1 atom stereocenters. The van der Waals surface area contributed by atoms with E-state index in [1.54, 1.807) is 19.1 Å². The minimum Gasteiger partial charge on any atom is -0.324 e. The van der Waals surface area contributed by atoms with E-state index in [0.717, 1.165) is 17.9 Å². The highest BCUT2D eigenvalue weighted by molar-refractivity contribution is 5.25. The van der Waals surface area contributed by atoms with Crippen molar-refractivity contribution in [3.63, 3.8) is 0 Å². The smallest absolute Gasteiger partial charge is 0.126 e. The highest BCUT2D eigenvalue weighted by Crippen LogP contribution is 2.36. The predicted molar refractivity (Wildman–Crippen MR) is 55.4 cm³/mol. The highest BCUT2D eigenvalue weighted by atomic mass is 19.1. The van der Waals surface area contributed by atoms with Crippen LogP contribution in [0.25, 0.3) is 0 Å². The molecule has 0 spiro atoms. The van der Waals surface area contributed by atoms with Gasteiger partial charge in [0.1, 0.15) is 5.82 Å². The van der Waals surface area contributed by atoms with Gasteiger partial charge < -0.3 is 5.73 Å². The molecule has 1 aromatic rings. The normalized spacial score (nSPS) is 18.2. The third-order valence-electron chi connectivity index (χ3n) is 2.91. The molecule has 76 valence electrons. The molecule has 1 aliphatic rings. The van der Waals surface area contributed by atoms with E-state index < -0.39 is 0 Å². The fourth-order valence-electron chi connectivity index (χ4n) is 1.69. The molecular weight excluding hydrogens is 177 g/mol. The molecule has 1 saturated carbocycles. The van der Waals surface area contributed by atoms with Crippen molar-refractivity contribution in [1.29, 1.82) is 0 Å². The van der Waals surface area contributed by atoms with Gasteiger partial charge in [0.2, 0.25) is 0 Å². The molecule has 0 aliphatic heterocycles. The molecule has 0 heterocycles. The predicted octanol–water partition coefficient (Wildman–Crippen LogP) is 2.93. The van der Waals surface area contributed by atoms with Crippen molar-refractivity contribution in [2.75, 3.05) is 0 Å². The number of benzene rings is 1. The lowest BCUT2D eigenvalue weighted by Gasteiger charge is -2.11. The molecule has 0 saturated heterocycles. The van der Waals surface area contributed by atoms with E-state index in [0.29, 0.717) is 5.56 Å². The van der Waals surface area contributed by atoms with Gasteiger partial charge in [-0.05, 0) is 36.5 Å². The second-order valence-electron chi connectivity index (χ2n) is 4.29. The zero-order chi connectivity index (χ0) is 10.1. The van der Waals surface area contributed by atoms with Crippen molar-refractivity contribution < 1.29 is 4.39 Å². The van der Waals surface area contributed by atoms with Crippen LogP contribution in [0.3, 0.4) is 0 Å². The summed E-state index contributed by atoms with van der Waals surface area (Å²) < 4.78 is 13.2. The zero-order valence-electron chi connectivity index (χ0n) is 8.46. The van der Waals surface area contributed by atoms with Crippen molar-refractivity contribution in [3.8, 4) is 0 Å². The summed E-state index contributed by atoms with van der Waals surface area (Å²) in [6.45, 7) is 1.77. The number of halogens is 1. The van der Waals surface area contributed by atoms with Gasteiger partial charge in [-0.1, -0.05) is 25.0 Å². The van der Waals surface area contributed by atoms with Crippen molar-refractivity contribution in [2.45, 2.75) is 32.2 Å². The molecule has 2 N–H and O–H groups in total.